The number of nitrogens with zero attached hydrogens (tertiary/aromatic N) is 2. The summed E-state index contributed by atoms with van der Waals surface area (Å²) in [6.07, 6.45) is -0.297. The molecule has 1 atom stereocenters. The van der Waals surface area contributed by atoms with E-state index in [2.05, 4.69) is 139 Å². The number of amidine groups is 2. The third-order valence-corrected chi connectivity index (χ3v) is 10.4. The van der Waals surface area contributed by atoms with E-state index in [0.29, 0.717) is 0 Å². The zero-order valence-corrected chi connectivity index (χ0v) is 25.0. The molecule has 0 amide bonds. The van der Waals surface area contributed by atoms with E-state index in [-0.39, 0.29) is 6.17 Å². The van der Waals surface area contributed by atoms with E-state index in [4.69, 9.17) is 9.98 Å². The van der Waals surface area contributed by atoms with Crippen molar-refractivity contribution < 1.29 is 0 Å². The Morgan fingerprint density at radius 3 is 2.22 bits per heavy atom. The zero-order valence-electron chi connectivity index (χ0n) is 24.2. The molecule has 1 aromatic heterocycles. The van der Waals surface area contributed by atoms with Crippen molar-refractivity contribution in [3.8, 4) is 22.3 Å². The second-order valence-electron chi connectivity index (χ2n) is 11.8. The van der Waals surface area contributed by atoms with Crippen LogP contribution in [0.25, 0.3) is 64.0 Å². The van der Waals surface area contributed by atoms with Crippen LogP contribution in [0, 0.1) is 0 Å². The molecular weight excluding hydrogens is 567 g/mol. The molecule has 210 valence electrons. The standard InChI is InChI=1S/C41H25N3S/c1-2-10-26(11-3-1)39-42-40(28-20-19-24-9-4-5-12-27(24)23-28)44-41(43-39)33-17-8-18-34-36(33)32-22-21-30-29-15-6-13-25-14-7-16-31(35(25)29)37(30)38(32)45-34/h1-23,41H,(H,42,43,44). The molecular formula is C41H25N3S. The lowest BCUT2D eigenvalue weighted by Crippen LogP contribution is -2.33. The fourth-order valence-electron chi connectivity index (χ4n) is 7.22. The molecule has 0 saturated heterocycles. The van der Waals surface area contributed by atoms with Crippen LogP contribution in [0.2, 0.25) is 0 Å². The molecule has 0 radical (unpaired) electrons. The summed E-state index contributed by atoms with van der Waals surface area (Å²) in [5.74, 6) is 1.57. The van der Waals surface area contributed by atoms with Crippen LogP contribution in [0.15, 0.2) is 150 Å². The van der Waals surface area contributed by atoms with Crippen molar-refractivity contribution in [3.05, 3.63) is 156 Å². The van der Waals surface area contributed by atoms with Gasteiger partial charge in [-0.1, -0.05) is 127 Å². The summed E-state index contributed by atoms with van der Waals surface area (Å²) in [4.78, 5) is 10.4. The fourth-order valence-corrected chi connectivity index (χ4v) is 8.52. The summed E-state index contributed by atoms with van der Waals surface area (Å²) in [5, 5.41) is 11.3. The molecule has 0 fully saturated rings. The molecule has 2 aliphatic rings. The highest BCUT2D eigenvalue weighted by Crippen LogP contribution is 2.53. The second-order valence-corrected chi connectivity index (χ2v) is 12.8. The van der Waals surface area contributed by atoms with Crippen molar-refractivity contribution in [1.29, 1.82) is 0 Å². The molecule has 3 nitrogen and oxygen atoms in total. The fraction of sp³-hybridized carbons (Fsp3) is 0.0244. The highest BCUT2D eigenvalue weighted by Gasteiger charge is 2.28. The van der Waals surface area contributed by atoms with Gasteiger partial charge in [0.05, 0.1) is 0 Å². The molecule has 4 heteroatoms. The van der Waals surface area contributed by atoms with Gasteiger partial charge in [-0.3, -0.25) is 0 Å². The number of rotatable bonds is 3. The molecule has 1 aliphatic carbocycles. The van der Waals surface area contributed by atoms with E-state index >= 15 is 0 Å². The summed E-state index contributed by atoms with van der Waals surface area (Å²) in [5.41, 5.74) is 8.57. The number of aliphatic imine (C=N–C) groups is 2. The van der Waals surface area contributed by atoms with Gasteiger partial charge in [0.2, 0.25) is 0 Å². The molecule has 1 N–H and O–H groups in total. The molecule has 1 aliphatic heterocycles. The first-order chi connectivity index (χ1) is 22.3. The average molecular weight is 592 g/mol. The normalized spacial score (nSPS) is 15.3. The minimum atomic E-state index is -0.297. The van der Waals surface area contributed by atoms with Crippen LogP contribution in [-0.4, -0.2) is 11.7 Å². The predicted octanol–water partition coefficient (Wildman–Crippen LogP) is 10.5. The quantitative estimate of drug-likeness (QED) is 0.218. The number of thiophene rings is 1. The van der Waals surface area contributed by atoms with Crippen LogP contribution in [0.1, 0.15) is 22.9 Å². The molecule has 0 saturated carbocycles. The minimum absolute atomic E-state index is 0.297. The maximum atomic E-state index is 5.30. The molecule has 2 heterocycles. The lowest BCUT2D eigenvalue weighted by atomic mass is 9.98. The van der Waals surface area contributed by atoms with E-state index in [0.717, 1.165) is 28.4 Å². The third-order valence-electron chi connectivity index (χ3n) is 9.25. The van der Waals surface area contributed by atoms with Crippen LogP contribution in [0.3, 0.4) is 0 Å². The molecule has 0 spiro atoms. The van der Waals surface area contributed by atoms with Gasteiger partial charge in [-0.25, -0.2) is 9.98 Å². The van der Waals surface area contributed by atoms with Gasteiger partial charge in [0.25, 0.3) is 0 Å². The minimum Gasteiger partial charge on any atom is -0.344 e. The number of nitrogens with one attached hydrogen (secondary N) is 1. The van der Waals surface area contributed by atoms with Gasteiger partial charge in [-0.2, -0.15) is 0 Å². The number of fused-ring (bicyclic) bond motifs is 8. The third kappa shape index (κ3) is 3.70. The lowest BCUT2D eigenvalue weighted by Gasteiger charge is -2.24. The van der Waals surface area contributed by atoms with Gasteiger partial charge in [0, 0.05) is 42.4 Å². The summed E-state index contributed by atoms with van der Waals surface area (Å²) < 4.78 is 2.61. The predicted molar refractivity (Wildman–Crippen MR) is 191 cm³/mol. The van der Waals surface area contributed by atoms with Crippen LogP contribution in [0.5, 0.6) is 0 Å². The largest absolute Gasteiger partial charge is 0.344 e. The van der Waals surface area contributed by atoms with Gasteiger partial charge in [-0.05, 0) is 50.4 Å². The topological polar surface area (TPSA) is 36.8 Å². The summed E-state index contributed by atoms with van der Waals surface area (Å²) in [7, 11) is 0. The molecule has 8 aromatic rings. The molecule has 0 bridgehead atoms. The van der Waals surface area contributed by atoms with E-state index in [1.54, 1.807) is 0 Å². The Kier molecular flexibility index (Phi) is 5.22. The first-order valence-corrected chi connectivity index (χ1v) is 16.1. The van der Waals surface area contributed by atoms with Crippen molar-refractivity contribution >= 4 is 64.7 Å². The van der Waals surface area contributed by atoms with Crippen LogP contribution >= 0.6 is 11.3 Å². The average Bonchev–Trinajstić information content (AvgIpc) is 3.65. The maximum Gasteiger partial charge on any atom is 0.159 e. The zero-order chi connectivity index (χ0) is 29.5. The van der Waals surface area contributed by atoms with Crippen molar-refractivity contribution in [3.63, 3.8) is 0 Å². The first kappa shape index (κ1) is 24.8. The highest BCUT2D eigenvalue weighted by atomic mass is 32.1. The molecule has 45 heavy (non-hydrogen) atoms. The number of benzene rings is 7. The second kappa shape index (κ2) is 9.46. The Morgan fingerprint density at radius 1 is 0.556 bits per heavy atom. The molecule has 7 aromatic carbocycles. The van der Waals surface area contributed by atoms with Gasteiger partial charge >= 0.3 is 0 Å². The van der Waals surface area contributed by atoms with E-state index in [9.17, 15) is 0 Å². The Balaban J connectivity index is 1.18. The van der Waals surface area contributed by atoms with E-state index in [1.165, 1.54) is 64.0 Å². The number of hydrogen-bond donors (Lipinski definition) is 1. The lowest BCUT2D eigenvalue weighted by molar-refractivity contribution is 0.680. The van der Waals surface area contributed by atoms with Gasteiger partial charge in [0.1, 0.15) is 12.0 Å². The molecule has 1 unspecified atom stereocenters. The maximum absolute atomic E-state index is 5.30. The first-order valence-electron chi connectivity index (χ1n) is 15.3. The van der Waals surface area contributed by atoms with Gasteiger partial charge in [-0.15, -0.1) is 11.3 Å². The van der Waals surface area contributed by atoms with Crippen LogP contribution in [-0.2, 0) is 0 Å². The van der Waals surface area contributed by atoms with Gasteiger partial charge in [0.15, 0.2) is 5.84 Å². The SMILES string of the molecule is c1ccc(C2=NC(c3ccc4ccccc4c3)=NC(c3cccc4sc5c6c(ccc5c34)-c3cccc4cccc-6c34)N2)cc1. The van der Waals surface area contributed by atoms with Crippen LogP contribution < -0.4 is 5.32 Å². The Hall–Kier alpha value is -5.58. The van der Waals surface area contributed by atoms with Crippen molar-refractivity contribution in [2.75, 3.05) is 0 Å². The Labute approximate surface area is 263 Å². The van der Waals surface area contributed by atoms with Crippen molar-refractivity contribution in [2.24, 2.45) is 9.98 Å². The summed E-state index contributed by atoms with van der Waals surface area (Å²) in [6, 6.07) is 50.0. The summed E-state index contributed by atoms with van der Waals surface area (Å²) >= 11 is 1.89. The van der Waals surface area contributed by atoms with E-state index in [1.807, 2.05) is 17.4 Å². The smallest absolute Gasteiger partial charge is 0.159 e. The Morgan fingerprint density at radius 2 is 1.33 bits per heavy atom. The van der Waals surface area contributed by atoms with E-state index < -0.39 is 0 Å². The van der Waals surface area contributed by atoms with Gasteiger partial charge < -0.3 is 5.32 Å². The Bertz CT molecular complexity index is 2570. The summed E-state index contributed by atoms with van der Waals surface area (Å²) in [6.45, 7) is 0. The monoisotopic (exact) mass is 591 g/mol. The van der Waals surface area contributed by atoms with Crippen molar-refractivity contribution in [2.45, 2.75) is 6.17 Å². The van der Waals surface area contributed by atoms with Crippen molar-refractivity contribution in [1.82, 2.24) is 5.32 Å². The highest BCUT2D eigenvalue weighted by molar-refractivity contribution is 7.26. The number of hydrogen-bond acceptors (Lipinski definition) is 4. The van der Waals surface area contributed by atoms with Crippen LogP contribution in [0.4, 0.5) is 0 Å². The molecule has 10 rings (SSSR count).